The molecule has 0 aliphatic carbocycles. The molecule has 0 saturated heterocycles. The molecule has 0 amide bonds. The van der Waals surface area contributed by atoms with Gasteiger partial charge in [0.2, 0.25) is 0 Å². The number of hydrogen-bond donors (Lipinski definition) is 0. The van der Waals surface area contributed by atoms with Crippen LogP contribution < -0.4 is 5.63 Å². The van der Waals surface area contributed by atoms with E-state index in [0.717, 1.165) is 29.3 Å². The van der Waals surface area contributed by atoms with Gasteiger partial charge < -0.3 is 9.32 Å². The Morgan fingerprint density at radius 2 is 2.21 bits per heavy atom. The van der Waals surface area contributed by atoms with Gasteiger partial charge in [-0.1, -0.05) is 30.0 Å². The molecule has 0 bridgehead atoms. The van der Waals surface area contributed by atoms with Crippen molar-refractivity contribution < 1.29 is 4.42 Å². The van der Waals surface area contributed by atoms with Gasteiger partial charge in [0.25, 0.3) is 0 Å². The molecule has 4 nitrogen and oxygen atoms in total. The summed E-state index contributed by atoms with van der Waals surface area (Å²) < 4.78 is 5.38. The zero-order chi connectivity index (χ0) is 12.8. The molecular weight excluding hydrogens is 260 g/mol. The van der Waals surface area contributed by atoms with E-state index in [9.17, 15) is 4.79 Å². The maximum absolute atomic E-state index is 12.1. The topological polar surface area (TPSA) is 45.8 Å². The lowest BCUT2D eigenvalue weighted by atomic mass is 10.1. The summed E-state index contributed by atoms with van der Waals surface area (Å²) in [6.45, 7) is 1.62. The Hall–Kier alpha value is -2.01. The van der Waals surface area contributed by atoms with Gasteiger partial charge in [0.1, 0.15) is 5.58 Å². The first-order valence-electron chi connectivity index (χ1n) is 6.05. The second-order valence-corrected chi connectivity index (χ2v) is 5.26. The Morgan fingerprint density at radius 3 is 3.16 bits per heavy atom. The van der Waals surface area contributed by atoms with E-state index in [1.54, 1.807) is 17.8 Å². The zero-order valence-electron chi connectivity index (χ0n) is 10.00. The number of para-hydroxylation sites is 1. The Kier molecular flexibility index (Phi) is 2.29. The van der Waals surface area contributed by atoms with Crippen LogP contribution in [0.5, 0.6) is 0 Å². The van der Waals surface area contributed by atoms with Crippen molar-refractivity contribution in [1.29, 1.82) is 0 Å². The summed E-state index contributed by atoms with van der Waals surface area (Å²) in [7, 11) is 0. The molecule has 1 aromatic heterocycles. The summed E-state index contributed by atoms with van der Waals surface area (Å²) in [5, 5.41) is 3.88. The second kappa shape index (κ2) is 3.99. The first-order valence-corrected chi connectivity index (χ1v) is 6.93. The summed E-state index contributed by atoms with van der Waals surface area (Å²) in [6, 6.07) is 9.45. The molecule has 4 rings (SSSR count). The van der Waals surface area contributed by atoms with Crippen molar-refractivity contribution >= 4 is 33.6 Å². The van der Waals surface area contributed by atoms with Crippen molar-refractivity contribution in [2.45, 2.75) is 0 Å². The number of nitrogens with zero attached hydrogens (tertiary/aromatic N) is 2. The van der Waals surface area contributed by atoms with Crippen molar-refractivity contribution in [3.05, 3.63) is 51.7 Å². The minimum absolute atomic E-state index is 0.293. The first-order chi connectivity index (χ1) is 9.33. The fourth-order valence-corrected chi connectivity index (χ4v) is 3.33. The third-order valence-corrected chi connectivity index (χ3v) is 4.19. The van der Waals surface area contributed by atoms with E-state index in [0.29, 0.717) is 11.1 Å². The number of aliphatic imine (C=N–C) groups is 1. The summed E-state index contributed by atoms with van der Waals surface area (Å²) in [5.41, 5.74) is 1.84. The molecular formula is C14H10N2O2S. The third kappa shape index (κ3) is 1.62. The average molecular weight is 270 g/mol. The number of thioether (sulfide) groups is 1. The zero-order valence-corrected chi connectivity index (χ0v) is 10.8. The molecule has 1 aromatic carbocycles. The lowest BCUT2D eigenvalue weighted by Gasteiger charge is -2.15. The number of benzene rings is 1. The highest BCUT2D eigenvalue weighted by Gasteiger charge is 2.29. The van der Waals surface area contributed by atoms with Gasteiger partial charge in [-0.05, 0) is 12.1 Å². The molecule has 2 aliphatic rings. The molecule has 3 heterocycles. The van der Waals surface area contributed by atoms with Crippen LogP contribution in [0.25, 0.3) is 16.7 Å². The van der Waals surface area contributed by atoms with Gasteiger partial charge in [0.05, 0.1) is 17.8 Å². The predicted octanol–water partition coefficient (Wildman–Crippen LogP) is 2.51. The van der Waals surface area contributed by atoms with Gasteiger partial charge in [0.15, 0.2) is 5.17 Å². The monoisotopic (exact) mass is 270 g/mol. The molecule has 2 aromatic rings. The molecule has 0 atom stereocenters. The van der Waals surface area contributed by atoms with E-state index in [1.807, 2.05) is 29.7 Å². The maximum atomic E-state index is 12.1. The minimum atomic E-state index is -0.293. The minimum Gasteiger partial charge on any atom is -0.422 e. The van der Waals surface area contributed by atoms with Gasteiger partial charge in [-0.2, -0.15) is 0 Å². The molecule has 2 aliphatic heterocycles. The number of amidine groups is 1. The standard InChI is InChI=1S/C14H10N2O2S/c17-13-10(7-9-3-1-2-4-12(9)18-13)11-8-19-14-15-5-6-16(11)14/h1-4,7-8H,5-6H2. The van der Waals surface area contributed by atoms with E-state index in [4.69, 9.17) is 4.42 Å². The van der Waals surface area contributed by atoms with Gasteiger partial charge >= 0.3 is 5.63 Å². The Labute approximate surface area is 113 Å². The van der Waals surface area contributed by atoms with E-state index in [1.165, 1.54) is 0 Å². The lowest BCUT2D eigenvalue weighted by Crippen LogP contribution is -2.23. The second-order valence-electron chi connectivity index (χ2n) is 4.42. The predicted molar refractivity (Wildman–Crippen MR) is 77.1 cm³/mol. The molecule has 0 unspecified atom stereocenters. The fraction of sp³-hybridized carbons (Fsp3) is 0.143. The van der Waals surface area contributed by atoms with Crippen LogP contribution in [0.15, 0.2) is 49.9 Å². The molecule has 94 valence electrons. The van der Waals surface area contributed by atoms with Crippen LogP contribution in [-0.2, 0) is 0 Å². The van der Waals surface area contributed by atoms with E-state index >= 15 is 0 Å². The fourth-order valence-electron chi connectivity index (χ4n) is 2.37. The normalized spacial score (nSPS) is 17.6. The van der Waals surface area contributed by atoms with Gasteiger partial charge in [-0.3, -0.25) is 4.99 Å². The van der Waals surface area contributed by atoms with Crippen molar-refractivity contribution in [1.82, 2.24) is 4.90 Å². The SMILES string of the molecule is O=c1oc2ccccc2cc1C1=CSC2=NCCN12. The smallest absolute Gasteiger partial charge is 0.345 e. The van der Waals surface area contributed by atoms with Crippen LogP contribution in [-0.4, -0.2) is 23.2 Å². The first kappa shape index (κ1) is 10.9. The lowest BCUT2D eigenvalue weighted by molar-refractivity contribution is 0.552. The van der Waals surface area contributed by atoms with Crippen LogP contribution in [0.2, 0.25) is 0 Å². The molecule has 0 N–H and O–H groups in total. The van der Waals surface area contributed by atoms with Crippen LogP contribution in [0, 0.1) is 0 Å². The van der Waals surface area contributed by atoms with Crippen LogP contribution in [0.3, 0.4) is 0 Å². The third-order valence-electron chi connectivity index (χ3n) is 3.29. The van der Waals surface area contributed by atoms with Crippen molar-refractivity contribution in [2.75, 3.05) is 13.1 Å². The molecule has 0 radical (unpaired) electrons. The highest BCUT2D eigenvalue weighted by atomic mass is 32.2. The Bertz CT molecular complexity index is 791. The number of fused-ring (bicyclic) bond motifs is 2. The van der Waals surface area contributed by atoms with Crippen LogP contribution in [0.4, 0.5) is 0 Å². The quantitative estimate of drug-likeness (QED) is 0.747. The van der Waals surface area contributed by atoms with E-state index < -0.39 is 0 Å². The maximum Gasteiger partial charge on any atom is 0.345 e. The highest BCUT2D eigenvalue weighted by Crippen LogP contribution is 2.34. The summed E-state index contributed by atoms with van der Waals surface area (Å²) in [6.07, 6.45) is 0. The summed E-state index contributed by atoms with van der Waals surface area (Å²) in [4.78, 5) is 18.6. The summed E-state index contributed by atoms with van der Waals surface area (Å²) in [5.74, 6) is 0. The van der Waals surface area contributed by atoms with Crippen LogP contribution in [0.1, 0.15) is 5.56 Å². The average Bonchev–Trinajstić information content (AvgIpc) is 3.00. The van der Waals surface area contributed by atoms with Crippen molar-refractivity contribution in [3.8, 4) is 0 Å². The number of rotatable bonds is 1. The van der Waals surface area contributed by atoms with Crippen molar-refractivity contribution in [3.63, 3.8) is 0 Å². The Balaban J connectivity index is 1.90. The van der Waals surface area contributed by atoms with Crippen molar-refractivity contribution in [2.24, 2.45) is 4.99 Å². The molecule has 0 fully saturated rings. The molecule has 0 saturated carbocycles. The largest absolute Gasteiger partial charge is 0.422 e. The van der Waals surface area contributed by atoms with E-state index in [-0.39, 0.29) is 5.63 Å². The number of hydrogen-bond acceptors (Lipinski definition) is 5. The Morgan fingerprint density at radius 1 is 1.32 bits per heavy atom. The van der Waals surface area contributed by atoms with Gasteiger partial charge in [-0.15, -0.1) is 0 Å². The molecule has 19 heavy (non-hydrogen) atoms. The van der Waals surface area contributed by atoms with Crippen LogP contribution >= 0.6 is 11.8 Å². The van der Waals surface area contributed by atoms with Gasteiger partial charge in [-0.25, -0.2) is 4.79 Å². The molecule has 5 heteroatoms. The van der Waals surface area contributed by atoms with Gasteiger partial charge in [0, 0.05) is 17.3 Å². The molecule has 0 spiro atoms. The summed E-state index contributed by atoms with van der Waals surface area (Å²) >= 11 is 1.56. The van der Waals surface area contributed by atoms with E-state index in [2.05, 4.69) is 9.89 Å². The highest BCUT2D eigenvalue weighted by molar-refractivity contribution is 8.16.